The van der Waals surface area contributed by atoms with Crippen molar-refractivity contribution in [3.05, 3.63) is 87.9 Å². The van der Waals surface area contributed by atoms with E-state index in [-0.39, 0.29) is 42.8 Å². The molecule has 58 heavy (non-hydrogen) atoms. The Kier molecular flexibility index (Phi) is 8.98. The van der Waals surface area contributed by atoms with Gasteiger partial charge in [0.05, 0.1) is 21.7 Å². The van der Waals surface area contributed by atoms with Crippen LogP contribution in [0.25, 0.3) is 0 Å². The molecule has 7 aliphatic rings. The lowest BCUT2D eigenvalue weighted by atomic mass is 9.71. The summed E-state index contributed by atoms with van der Waals surface area (Å²) in [6.07, 6.45) is 5.77. The topological polar surface area (TPSA) is 147 Å². The zero-order chi connectivity index (χ0) is 39.9. The molecule has 4 atom stereocenters. The number of anilines is 2. The maximum atomic E-state index is 13.8. The molecule has 7 aliphatic heterocycles. The van der Waals surface area contributed by atoms with E-state index in [0.29, 0.717) is 38.9 Å². The fourth-order valence-electron chi connectivity index (χ4n) is 10.7. The van der Waals surface area contributed by atoms with Gasteiger partial charge in [-0.3, -0.25) is 39.1 Å². The van der Waals surface area contributed by atoms with Gasteiger partial charge in [0, 0.05) is 105 Å². The highest BCUT2D eigenvalue weighted by atomic mass is 35.5. The molecule has 2 unspecified atom stereocenters. The zero-order valence-electron chi connectivity index (χ0n) is 32.1. The van der Waals surface area contributed by atoms with Gasteiger partial charge in [0.25, 0.3) is 17.7 Å². The first-order valence-electron chi connectivity index (χ1n) is 20.4. The lowest BCUT2D eigenvalue weighted by Gasteiger charge is -2.63. The highest BCUT2D eigenvalue weighted by Crippen LogP contribution is 2.45. The number of carbonyl (C=O) groups excluding carboxylic acids is 5. The van der Waals surface area contributed by atoms with E-state index in [1.54, 1.807) is 30.3 Å². The van der Waals surface area contributed by atoms with Gasteiger partial charge in [0.2, 0.25) is 11.8 Å². The summed E-state index contributed by atoms with van der Waals surface area (Å²) in [5.41, 5.74) is 4.13. The summed E-state index contributed by atoms with van der Waals surface area (Å²) < 4.78 is 6.27. The van der Waals surface area contributed by atoms with E-state index in [9.17, 15) is 29.2 Å². The molecular weight excluding hydrogens is 758 g/mol. The second-order valence-electron chi connectivity index (χ2n) is 17.3. The average molecular weight is 802 g/mol. The van der Waals surface area contributed by atoms with Crippen LogP contribution in [0.15, 0.2) is 60.7 Å². The maximum absolute atomic E-state index is 13.8. The molecule has 2 bridgehead atoms. The SMILES string of the molecule is N#Cc1ccc(OC2C[C@H]3CC[C@@H](C2)N3C(=O)c2ccc(N3CC4(C3)CN(C3CCN(c5ccc6c(c5)C(=O)N(C5CCC(=O)NC5=O)C6=O)CC3)C4)cc2)cc1Cl. The number of rotatable bonds is 7. The van der Waals surface area contributed by atoms with Crippen LogP contribution >= 0.6 is 11.6 Å². The molecular formula is C44H44ClN7O6. The van der Waals surface area contributed by atoms with E-state index in [1.165, 1.54) is 0 Å². The number of nitrogens with zero attached hydrogens (tertiary/aromatic N) is 6. The number of hydrogen-bond acceptors (Lipinski definition) is 10. The Morgan fingerprint density at radius 3 is 2.14 bits per heavy atom. The number of carbonyl (C=O) groups is 5. The molecule has 0 aromatic heterocycles. The molecule has 5 amide bonds. The Morgan fingerprint density at radius 2 is 1.47 bits per heavy atom. The van der Waals surface area contributed by atoms with Gasteiger partial charge < -0.3 is 19.4 Å². The molecule has 3 aromatic rings. The second-order valence-corrected chi connectivity index (χ2v) is 17.7. The number of hydrogen-bond donors (Lipinski definition) is 1. The van der Waals surface area contributed by atoms with E-state index in [1.807, 2.05) is 18.2 Å². The van der Waals surface area contributed by atoms with Gasteiger partial charge in [0.1, 0.15) is 24.0 Å². The molecule has 6 fully saturated rings. The summed E-state index contributed by atoms with van der Waals surface area (Å²) in [5.74, 6) is -1.20. The number of imide groups is 2. The Morgan fingerprint density at radius 1 is 0.776 bits per heavy atom. The molecule has 3 aromatic carbocycles. The molecule has 13 nitrogen and oxygen atoms in total. The zero-order valence-corrected chi connectivity index (χ0v) is 32.8. The molecule has 0 aliphatic carbocycles. The minimum atomic E-state index is -0.968. The fourth-order valence-corrected chi connectivity index (χ4v) is 10.9. The summed E-state index contributed by atoms with van der Waals surface area (Å²) in [6.45, 7) is 5.88. The number of amides is 5. The number of ether oxygens (including phenoxy) is 1. The first-order valence-corrected chi connectivity index (χ1v) is 20.8. The number of halogens is 1. The summed E-state index contributed by atoms with van der Waals surface area (Å²) >= 11 is 6.22. The highest BCUT2D eigenvalue weighted by molar-refractivity contribution is 6.31. The lowest BCUT2D eigenvalue weighted by molar-refractivity contribution is -0.136. The standard InChI is InChI=1S/C44H44ClN7O6/c45-37-20-33(9-3-27(37)21-46)58-34-17-31-6-7-32(18-34)51(31)41(55)26-1-4-28(5-2-26)49-22-44(23-49)24-50(25-44)29-13-15-48(16-14-29)30-8-10-35-36(19-30)43(57)52(42(35)56)38-11-12-39(53)47-40(38)54/h1-5,8-10,19-20,29,31-32,34,38H,6-7,11-18,22-25H2,(H,47,53,54)/t31-,32+,34?,38?. The normalized spacial score (nSPS) is 26.6. The van der Waals surface area contributed by atoms with Crippen LogP contribution in [0.2, 0.25) is 5.02 Å². The van der Waals surface area contributed by atoms with Gasteiger partial charge in [-0.15, -0.1) is 0 Å². The Bertz CT molecular complexity index is 2260. The highest BCUT2D eigenvalue weighted by Gasteiger charge is 2.53. The number of nitrogens with one attached hydrogen (secondary N) is 1. The number of nitriles is 1. The number of piperidine rings is 3. The van der Waals surface area contributed by atoms with Gasteiger partial charge >= 0.3 is 0 Å². The molecule has 1 spiro atoms. The van der Waals surface area contributed by atoms with Crippen molar-refractivity contribution in [3.63, 3.8) is 0 Å². The monoisotopic (exact) mass is 801 g/mol. The lowest BCUT2D eigenvalue weighted by Crippen LogP contribution is -2.74. The molecule has 14 heteroatoms. The first kappa shape index (κ1) is 36.9. The van der Waals surface area contributed by atoms with Crippen LogP contribution < -0.4 is 19.9 Å². The molecule has 10 rings (SSSR count). The van der Waals surface area contributed by atoms with Crippen molar-refractivity contribution in [1.82, 2.24) is 20.0 Å². The minimum absolute atomic E-state index is 0.00225. The van der Waals surface area contributed by atoms with E-state index in [4.69, 9.17) is 16.3 Å². The van der Waals surface area contributed by atoms with Crippen LogP contribution in [-0.4, -0.2) is 114 Å². The Labute approximate surface area is 341 Å². The van der Waals surface area contributed by atoms with Gasteiger partial charge in [-0.25, -0.2) is 0 Å². The molecule has 0 radical (unpaired) electrons. The predicted octanol–water partition coefficient (Wildman–Crippen LogP) is 4.62. The van der Waals surface area contributed by atoms with Crippen molar-refractivity contribution in [2.75, 3.05) is 49.1 Å². The Hall–Kier alpha value is -5.45. The Balaban J connectivity index is 0.686. The van der Waals surface area contributed by atoms with E-state index in [2.05, 4.69) is 43.1 Å². The van der Waals surface area contributed by atoms with E-state index < -0.39 is 23.8 Å². The van der Waals surface area contributed by atoms with Crippen molar-refractivity contribution < 1.29 is 28.7 Å². The van der Waals surface area contributed by atoms with Gasteiger partial charge in [-0.2, -0.15) is 5.26 Å². The van der Waals surface area contributed by atoms with Crippen LogP contribution in [0.5, 0.6) is 5.75 Å². The molecule has 6 saturated heterocycles. The van der Waals surface area contributed by atoms with E-state index >= 15 is 0 Å². The molecule has 0 saturated carbocycles. The average Bonchev–Trinajstić information content (AvgIpc) is 3.60. The number of benzene rings is 3. The predicted molar refractivity (Wildman–Crippen MR) is 214 cm³/mol. The van der Waals surface area contributed by atoms with Gasteiger partial charge in [-0.05, 0) is 86.7 Å². The molecule has 7 heterocycles. The number of fused-ring (bicyclic) bond motifs is 3. The van der Waals surface area contributed by atoms with Crippen LogP contribution in [0, 0.1) is 16.7 Å². The number of likely N-dealkylation sites (tertiary alicyclic amines) is 1. The smallest absolute Gasteiger partial charge is 0.262 e. The molecule has 298 valence electrons. The third-order valence-electron chi connectivity index (χ3n) is 13.7. The van der Waals surface area contributed by atoms with Crippen LogP contribution in [-0.2, 0) is 9.59 Å². The van der Waals surface area contributed by atoms with Gasteiger partial charge in [0.15, 0.2) is 0 Å². The summed E-state index contributed by atoms with van der Waals surface area (Å²) in [4.78, 5) is 74.7. The van der Waals surface area contributed by atoms with Crippen LogP contribution in [0.1, 0.15) is 88.0 Å². The van der Waals surface area contributed by atoms with Crippen molar-refractivity contribution in [2.24, 2.45) is 5.41 Å². The maximum Gasteiger partial charge on any atom is 0.262 e. The first-order chi connectivity index (χ1) is 28.1. The van der Waals surface area contributed by atoms with Gasteiger partial charge in [-0.1, -0.05) is 11.6 Å². The van der Waals surface area contributed by atoms with E-state index in [0.717, 1.165) is 99.6 Å². The third-order valence-corrected chi connectivity index (χ3v) is 14.0. The van der Waals surface area contributed by atoms with Crippen LogP contribution in [0.3, 0.4) is 0 Å². The fraction of sp³-hybridized carbons (Fsp3) is 0.455. The third kappa shape index (κ3) is 6.28. The summed E-state index contributed by atoms with van der Waals surface area (Å²) in [7, 11) is 0. The summed E-state index contributed by atoms with van der Waals surface area (Å²) in [5, 5.41) is 11.8. The van der Waals surface area contributed by atoms with Crippen molar-refractivity contribution in [3.8, 4) is 11.8 Å². The van der Waals surface area contributed by atoms with Crippen molar-refractivity contribution in [1.29, 1.82) is 5.26 Å². The summed E-state index contributed by atoms with van der Waals surface area (Å²) in [6, 6.07) is 20.6. The second kappa shape index (κ2) is 14.1. The molecule has 1 N–H and O–H groups in total. The minimum Gasteiger partial charge on any atom is -0.490 e. The van der Waals surface area contributed by atoms with Crippen molar-refractivity contribution >= 4 is 52.5 Å². The quantitative estimate of drug-likeness (QED) is 0.336. The van der Waals surface area contributed by atoms with Crippen molar-refractivity contribution in [2.45, 2.75) is 81.6 Å². The van der Waals surface area contributed by atoms with Crippen LogP contribution in [0.4, 0.5) is 11.4 Å². The largest absolute Gasteiger partial charge is 0.490 e.